The molecule has 0 spiro atoms. The minimum atomic E-state index is -0.00960. The second-order valence-electron chi connectivity index (χ2n) is 4.29. The molecule has 0 saturated carbocycles. The van der Waals surface area contributed by atoms with Crippen molar-refractivity contribution in [1.29, 1.82) is 0 Å². The molecule has 84 valence electrons. The molecule has 2 radical (unpaired) electrons. The van der Waals surface area contributed by atoms with E-state index in [0.29, 0.717) is 0 Å². The van der Waals surface area contributed by atoms with Crippen molar-refractivity contribution in [3.8, 4) is 0 Å². The molecule has 0 saturated heterocycles. The quantitative estimate of drug-likeness (QED) is 0.398. The van der Waals surface area contributed by atoms with E-state index < -0.39 is 0 Å². The highest BCUT2D eigenvalue weighted by atomic mass is 28.2. The minimum absolute atomic E-state index is 0.00960. The standard InChI is InChI=1S/C10H23NO2Si/c1-10(2,3)11-7-6-8-14-9(12-4)13-5/h9,11H,6-8H2,1-5H3. The third kappa shape index (κ3) is 8.68. The zero-order valence-corrected chi connectivity index (χ0v) is 11.0. The van der Waals surface area contributed by atoms with Gasteiger partial charge in [0.1, 0.15) is 15.4 Å². The summed E-state index contributed by atoms with van der Waals surface area (Å²) < 4.78 is 10.2. The fraction of sp³-hybridized carbons (Fsp3) is 1.00. The van der Waals surface area contributed by atoms with E-state index in [2.05, 4.69) is 26.1 Å². The maximum absolute atomic E-state index is 5.12. The van der Waals surface area contributed by atoms with Crippen LogP contribution in [0.2, 0.25) is 6.04 Å². The lowest BCUT2D eigenvalue weighted by molar-refractivity contribution is -0.0441. The van der Waals surface area contributed by atoms with E-state index >= 15 is 0 Å². The molecule has 1 N–H and O–H groups in total. The van der Waals surface area contributed by atoms with E-state index in [4.69, 9.17) is 9.47 Å². The second kappa shape index (κ2) is 7.40. The van der Waals surface area contributed by atoms with Crippen molar-refractivity contribution < 1.29 is 9.47 Å². The van der Waals surface area contributed by atoms with Crippen LogP contribution in [0.5, 0.6) is 0 Å². The Balaban J connectivity index is 3.29. The summed E-state index contributed by atoms with van der Waals surface area (Å²) in [4.78, 5) is 0. The molecule has 0 aliphatic rings. The molecule has 0 unspecified atom stereocenters. The van der Waals surface area contributed by atoms with Crippen LogP contribution >= 0.6 is 0 Å². The zero-order valence-electron chi connectivity index (χ0n) is 10.0. The smallest absolute Gasteiger partial charge is 0.136 e. The van der Waals surface area contributed by atoms with Gasteiger partial charge in [-0.05, 0) is 33.7 Å². The molecular formula is C10H23NO2Si. The zero-order chi connectivity index (χ0) is 11.0. The van der Waals surface area contributed by atoms with Crippen molar-refractivity contribution in [1.82, 2.24) is 5.32 Å². The number of ether oxygens (including phenoxy) is 2. The van der Waals surface area contributed by atoms with E-state index in [-0.39, 0.29) is 11.5 Å². The molecule has 0 atom stereocenters. The monoisotopic (exact) mass is 217 g/mol. The van der Waals surface area contributed by atoms with Gasteiger partial charge >= 0.3 is 0 Å². The number of hydrogen-bond acceptors (Lipinski definition) is 3. The average molecular weight is 217 g/mol. The van der Waals surface area contributed by atoms with Gasteiger partial charge < -0.3 is 14.8 Å². The van der Waals surface area contributed by atoms with Crippen LogP contribution in [0.15, 0.2) is 0 Å². The van der Waals surface area contributed by atoms with Crippen molar-refractivity contribution >= 4 is 9.52 Å². The van der Waals surface area contributed by atoms with Gasteiger partial charge in [-0.15, -0.1) is 0 Å². The van der Waals surface area contributed by atoms with Gasteiger partial charge in [-0.2, -0.15) is 0 Å². The van der Waals surface area contributed by atoms with E-state index in [1.54, 1.807) is 14.2 Å². The molecule has 0 aliphatic carbocycles. The number of hydrogen-bond donors (Lipinski definition) is 1. The Morgan fingerprint density at radius 1 is 1.21 bits per heavy atom. The Bertz CT molecular complexity index is 133. The predicted molar refractivity (Wildman–Crippen MR) is 60.7 cm³/mol. The lowest BCUT2D eigenvalue weighted by atomic mass is 10.1. The first-order valence-corrected chi connectivity index (χ1v) is 6.32. The van der Waals surface area contributed by atoms with E-state index in [9.17, 15) is 0 Å². The van der Waals surface area contributed by atoms with E-state index in [1.807, 2.05) is 0 Å². The molecular weight excluding hydrogens is 194 g/mol. The summed E-state index contributed by atoms with van der Waals surface area (Å²) in [6.07, 6.45) is 1.18. The fourth-order valence-corrected chi connectivity index (χ4v) is 1.98. The topological polar surface area (TPSA) is 30.5 Å². The van der Waals surface area contributed by atoms with Gasteiger partial charge in [0.25, 0.3) is 0 Å². The summed E-state index contributed by atoms with van der Waals surface area (Å²) in [5.74, 6) is -0.00960. The summed E-state index contributed by atoms with van der Waals surface area (Å²) >= 11 is 0. The third-order valence-electron chi connectivity index (χ3n) is 1.75. The van der Waals surface area contributed by atoms with Gasteiger partial charge in [0.05, 0.1) is 0 Å². The maximum Gasteiger partial charge on any atom is 0.136 e. The van der Waals surface area contributed by atoms with Crippen molar-refractivity contribution in [2.24, 2.45) is 0 Å². The summed E-state index contributed by atoms with van der Waals surface area (Å²) in [7, 11) is 4.11. The molecule has 0 aromatic heterocycles. The van der Waals surface area contributed by atoms with Crippen molar-refractivity contribution in [3.05, 3.63) is 0 Å². The van der Waals surface area contributed by atoms with Crippen molar-refractivity contribution in [3.63, 3.8) is 0 Å². The average Bonchev–Trinajstić information content (AvgIpc) is 2.09. The number of methoxy groups -OCH3 is 2. The van der Waals surface area contributed by atoms with Crippen LogP contribution in [-0.4, -0.2) is 41.7 Å². The van der Waals surface area contributed by atoms with Crippen LogP contribution in [0, 0.1) is 0 Å². The highest BCUT2D eigenvalue weighted by Crippen LogP contribution is 2.00. The van der Waals surface area contributed by atoms with Crippen LogP contribution in [0.25, 0.3) is 0 Å². The highest BCUT2D eigenvalue weighted by Gasteiger charge is 2.09. The largest absolute Gasteiger partial charge is 0.360 e. The Morgan fingerprint density at radius 2 is 1.79 bits per heavy atom. The SMILES string of the molecule is COC(OC)[Si]CCCNC(C)(C)C. The lowest BCUT2D eigenvalue weighted by Gasteiger charge is -2.20. The van der Waals surface area contributed by atoms with Crippen molar-refractivity contribution in [2.45, 2.75) is 44.7 Å². The van der Waals surface area contributed by atoms with Gasteiger partial charge in [0.15, 0.2) is 0 Å². The van der Waals surface area contributed by atoms with Gasteiger partial charge in [0.2, 0.25) is 0 Å². The molecule has 0 aliphatic heterocycles. The minimum Gasteiger partial charge on any atom is -0.360 e. The van der Waals surface area contributed by atoms with Crippen LogP contribution < -0.4 is 5.32 Å². The van der Waals surface area contributed by atoms with Crippen molar-refractivity contribution in [2.75, 3.05) is 20.8 Å². The Hall–Kier alpha value is 0.0969. The summed E-state index contributed by atoms with van der Waals surface area (Å²) in [5, 5.41) is 3.45. The molecule has 0 heterocycles. The van der Waals surface area contributed by atoms with Crippen LogP contribution in [0.4, 0.5) is 0 Å². The molecule has 0 amide bonds. The summed E-state index contributed by atoms with van der Waals surface area (Å²) in [5.41, 5.74) is 0.227. The fourth-order valence-electron chi connectivity index (χ4n) is 1.03. The van der Waals surface area contributed by atoms with Gasteiger partial charge in [-0.25, -0.2) is 0 Å². The maximum atomic E-state index is 5.12. The first kappa shape index (κ1) is 14.1. The summed E-state index contributed by atoms with van der Waals surface area (Å²) in [6, 6.07) is 1.16. The number of nitrogens with one attached hydrogen (secondary N) is 1. The molecule has 0 rings (SSSR count). The molecule has 3 nitrogen and oxygen atoms in total. The second-order valence-corrected chi connectivity index (χ2v) is 5.67. The third-order valence-corrected chi connectivity index (χ3v) is 3.20. The predicted octanol–water partition coefficient (Wildman–Crippen LogP) is 1.46. The normalized spacial score (nSPS) is 12.4. The Labute approximate surface area is 90.4 Å². The lowest BCUT2D eigenvalue weighted by Crippen LogP contribution is -2.36. The highest BCUT2D eigenvalue weighted by molar-refractivity contribution is 6.36. The summed E-state index contributed by atoms with van der Waals surface area (Å²) in [6.45, 7) is 7.61. The van der Waals surface area contributed by atoms with E-state index in [1.165, 1.54) is 6.42 Å². The molecule has 14 heavy (non-hydrogen) atoms. The van der Waals surface area contributed by atoms with Crippen LogP contribution in [0.3, 0.4) is 0 Å². The molecule has 0 aromatic rings. The van der Waals surface area contributed by atoms with Gasteiger partial charge in [-0.1, -0.05) is 6.04 Å². The molecule has 4 heteroatoms. The van der Waals surface area contributed by atoms with Crippen LogP contribution in [-0.2, 0) is 9.47 Å². The number of rotatable bonds is 7. The first-order chi connectivity index (χ1) is 6.49. The Morgan fingerprint density at radius 3 is 2.21 bits per heavy atom. The van der Waals surface area contributed by atoms with Gasteiger partial charge in [-0.3, -0.25) is 0 Å². The van der Waals surface area contributed by atoms with Gasteiger partial charge in [0, 0.05) is 19.8 Å². The van der Waals surface area contributed by atoms with Crippen LogP contribution in [0.1, 0.15) is 27.2 Å². The first-order valence-electron chi connectivity index (χ1n) is 5.03. The molecule has 0 fully saturated rings. The molecule has 0 aromatic carbocycles. The van der Waals surface area contributed by atoms with E-state index in [0.717, 1.165) is 22.1 Å². The molecule has 0 bridgehead atoms. The Kier molecular flexibility index (Phi) is 7.45.